The van der Waals surface area contributed by atoms with E-state index in [9.17, 15) is 0 Å². The van der Waals surface area contributed by atoms with Crippen LogP contribution in [0.4, 0.5) is 0 Å². The Kier molecular flexibility index (Phi) is 3.32. The minimum absolute atomic E-state index is 0.268. The van der Waals surface area contributed by atoms with Crippen LogP contribution in [0.2, 0.25) is 0 Å². The lowest BCUT2D eigenvalue weighted by Crippen LogP contribution is -2.37. The molecule has 0 aliphatic carbocycles. The lowest BCUT2D eigenvalue weighted by Gasteiger charge is -2.38. The van der Waals surface area contributed by atoms with E-state index in [-0.39, 0.29) is 4.75 Å². The van der Waals surface area contributed by atoms with Gasteiger partial charge in [-0.2, -0.15) is 0 Å². The quantitative estimate of drug-likeness (QED) is 0.777. The molecule has 0 amide bonds. The van der Waals surface area contributed by atoms with Crippen LogP contribution in [-0.4, -0.2) is 31.8 Å². The van der Waals surface area contributed by atoms with Crippen LogP contribution < -0.4 is 9.47 Å². The van der Waals surface area contributed by atoms with Crippen LogP contribution in [-0.2, 0) is 4.75 Å². The summed E-state index contributed by atoms with van der Waals surface area (Å²) < 4.78 is 11.3. The summed E-state index contributed by atoms with van der Waals surface area (Å²) >= 11 is 2.14. The molecule has 0 radical (unpaired) electrons. The molecule has 0 saturated carbocycles. The molecule has 1 fully saturated rings. The van der Waals surface area contributed by atoms with Gasteiger partial charge in [-0.15, -0.1) is 11.8 Å². The number of thioether (sulfide) groups is 1. The largest absolute Gasteiger partial charge is 0.454 e. The number of hydrogen-bond acceptors (Lipinski definition) is 4. The van der Waals surface area contributed by atoms with Crippen LogP contribution in [0.25, 0.3) is 0 Å². The third kappa shape index (κ3) is 2.16. The molecule has 3 nitrogen and oxygen atoms in total. The van der Waals surface area contributed by atoms with E-state index in [4.69, 9.17) is 9.47 Å². The molecule has 2 aromatic rings. The molecule has 3 aliphatic rings. The summed E-state index contributed by atoms with van der Waals surface area (Å²) in [4.78, 5) is 2.45. The predicted octanol–water partition coefficient (Wildman–Crippen LogP) is 4.17. The molecule has 0 bridgehead atoms. The second kappa shape index (κ2) is 5.43. The van der Waals surface area contributed by atoms with Gasteiger partial charge in [0.2, 0.25) is 6.79 Å². The van der Waals surface area contributed by atoms with Gasteiger partial charge in [-0.3, -0.25) is 0 Å². The molecule has 24 heavy (non-hydrogen) atoms. The molecular formula is C20H21NO2S. The zero-order valence-corrected chi connectivity index (χ0v) is 14.6. The van der Waals surface area contributed by atoms with Crippen LogP contribution in [0.5, 0.6) is 11.5 Å². The predicted molar refractivity (Wildman–Crippen MR) is 96.9 cm³/mol. The van der Waals surface area contributed by atoms with E-state index in [0.29, 0.717) is 12.0 Å². The van der Waals surface area contributed by atoms with Crippen LogP contribution in [0.15, 0.2) is 42.5 Å². The van der Waals surface area contributed by atoms with Crippen LogP contribution in [0, 0.1) is 0 Å². The third-order valence-electron chi connectivity index (χ3n) is 5.57. The highest BCUT2D eigenvalue weighted by atomic mass is 32.2. The zero-order chi connectivity index (χ0) is 16.1. The van der Waals surface area contributed by atoms with Gasteiger partial charge in [-0.1, -0.05) is 30.3 Å². The molecule has 3 heterocycles. The van der Waals surface area contributed by atoms with Crippen molar-refractivity contribution >= 4 is 11.8 Å². The summed E-state index contributed by atoms with van der Waals surface area (Å²) in [5.74, 6) is 1.75. The summed E-state index contributed by atoms with van der Waals surface area (Å²) in [5, 5.41) is 0.388. The Morgan fingerprint density at radius 3 is 2.71 bits per heavy atom. The van der Waals surface area contributed by atoms with Gasteiger partial charge in [0.25, 0.3) is 0 Å². The molecule has 1 unspecified atom stereocenters. The van der Waals surface area contributed by atoms with Crippen molar-refractivity contribution in [2.45, 2.75) is 22.8 Å². The number of rotatable bonds is 1. The van der Waals surface area contributed by atoms with Crippen molar-refractivity contribution in [1.29, 1.82) is 0 Å². The summed E-state index contributed by atoms with van der Waals surface area (Å²) in [6.45, 7) is 2.69. The van der Waals surface area contributed by atoms with Crippen molar-refractivity contribution in [3.63, 3.8) is 0 Å². The molecule has 2 aromatic carbocycles. The fraction of sp³-hybridized carbons (Fsp3) is 0.400. The lowest BCUT2D eigenvalue weighted by atomic mass is 9.84. The first-order chi connectivity index (χ1) is 11.8. The smallest absolute Gasteiger partial charge is 0.231 e. The molecule has 124 valence electrons. The molecule has 0 aromatic heterocycles. The van der Waals surface area contributed by atoms with Gasteiger partial charge in [-0.05, 0) is 61.8 Å². The van der Waals surface area contributed by atoms with Crippen molar-refractivity contribution in [2.75, 3.05) is 26.9 Å². The van der Waals surface area contributed by atoms with Gasteiger partial charge in [0, 0.05) is 4.75 Å². The number of hydrogen-bond donors (Lipinski definition) is 0. The van der Waals surface area contributed by atoms with E-state index in [1.54, 1.807) is 5.56 Å². The van der Waals surface area contributed by atoms with Gasteiger partial charge >= 0.3 is 0 Å². The van der Waals surface area contributed by atoms with Crippen LogP contribution in [0.1, 0.15) is 34.8 Å². The molecule has 5 rings (SSSR count). The van der Waals surface area contributed by atoms with Gasteiger partial charge in [-0.25, -0.2) is 0 Å². The average Bonchev–Trinajstić information content (AvgIpc) is 3.21. The van der Waals surface area contributed by atoms with E-state index in [1.165, 1.54) is 37.1 Å². The Bertz CT molecular complexity index is 783. The molecule has 4 heteroatoms. The van der Waals surface area contributed by atoms with Crippen LogP contribution in [0.3, 0.4) is 0 Å². The van der Waals surface area contributed by atoms with Crippen molar-refractivity contribution in [1.82, 2.24) is 4.90 Å². The number of benzene rings is 2. The van der Waals surface area contributed by atoms with Gasteiger partial charge < -0.3 is 14.4 Å². The standard InChI is InChI=1S/C20H21NO2S/c1-21-10-8-20(9-11-21)16-5-3-2-4-15(16)19(24-20)14-6-7-17-18(12-14)23-13-22-17/h2-7,12,19H,8-11,13H2,1H3. The lowest BCUT2D eigenvalue weighted by molar-refractivity contribution is 0.174. The van der Waals surface area contributed by atoms with E-state index >= 15 is 0 Å². The number of piperidine rings is 1. The van der Waals surface area contributed by atoms with Crippen molar-refractivity contribution in [3.05, 3.63) is 59.2 Å². The first kappa shape index (κ1) is 14.7. The van der Waals surface area contributed by atoms with E-state index < -0.39 is 0 Å². The van der Waals surface area contributed by atoms with Crippen molar-refractivity contribution < 1.29 is 9.47 Å². The summed E-state index contributed by atoms with van der Waals surface area (Å²) in [6, 6.07) is 15.5. The minimum Gasteiger partial charge on any atom is -0.454 e. The maximum absolute atomic E-state index is 5.60. The third-order valence-corrected chi connectivity index (χ3v) is 7.41. The molecular weight excluding hydrogens is 318 g/mol. The number of fused-ring (bicyclic) bond motifs is 3. The average molecular weight is 339 g/mol. The summed E-state index contributed by atoms with van der Waals surface area (Å²) in [5.41, 5.74) is 4.35. The molecule has 1 atom stereocenters. The molecule has 3 aliphatic heterocycles. The fourth-order valence-electron chi connectivity index (χ4n) is 4.18. The Balaban J connectivity index is 1.56. The summed E-state index contributed by atoms with van der Waals surface area (Å²) in [6.07, 6.45) is 2.46. The minimum atomic E-state index is 0.268. The van der Waals surface area contributed by atoms with E-state index in [2.05, 4.69) is 66.2 Å². The number of nitrogens with zero attached hydrogens (tertiary/aromatic N) is 1. The Morgan fingerprint density at radius 2 is 1.83 bits per heavy atom. The number of likely N-dealkylation sites (tertiary alicyclic amines) is 1. The highest BCUT2D eigenvalue weighted by molar-refractivity contribution is 8.01. The maximum atomic E-state index is 5.60. The molecule has 1 spiro atoms. The highest BCUT2D eigenvalue weighted by Gasteiger charge is 2.46. The molecule has 1 saturated heterocycles. The monoisotopic (exact) mass is 339 g/mol. The van der Waals surface area contributed by atoms with Crippen molar-refractivity contribution in [2.24, 2.45) is 0 Å². The SMILES string of the molecule is CN1CCC2(CC1)SC(c1ccc3c(c1)OCO3)c1ccccc12. The van der Waals surface area contributed by atoms with Crippen LogP contribution >= 0.6 is 11.8 Å². The van der Waals surface area contributed by atoms with Crippen molar-refractivity contribution in [3.8, 4) is 11.5 Å². The Hall–Kier alpha value is -1.65. The Morgan fingerprint density at radius 1 is 1.04 bits per heavy atom. The first-order valence-electron chi connectivity index (χ1n) is 8.60. The van der Waals surface area contributed by atoms with Gasteiger partial charge in [0.05, 0.1) is 5.25 Å². The topological polar surface area (TPSA) is 21.7 Å². The number of ether oxygens (including phenoxy) is 2. The zero-order valence-electron chi connectivity index (χ0n) is 13.8. The highest BCUT2D eigenvalue weighted by Crippen LogP contribution is 2.61. The normalized spacial score (nSPS) is 24.3. The van der Waals surface area contributed by atoms with E-state index in [1.807, 2.05) is 0 Å². The second-order valence-electron chi connectivity index (χ2n) is 7.00. The fourth-order valence-corrected chi connectivity index (χ4v) is 5.98. The van der Waals surface area contributed by atoms with Gasteiger partial charge in [0.15, 0.2) is 11.5 Å². The molecule has 0 N–H and O–H groups in total. The summed E-state index contributed by atoms with van der Waals surface area (Å²) in [7, 11) is 2.23. The maximum Gasteiger partial charge on any atom is 0.231 e. The van der Waals surface area contributed by atoms with E-state index in [0.717, 1.165) is 11.5 Å². The first-order valence-corrected chi connectivity index (χ1v) is 9.48. The second-order valence-corrected chi connectivity index (χ2v) is 8.48. The van der Waals surface area contributed by atoms with Gasteiger partial charge in [0.1, 0.15) is 0 Å². The Labute approximate surface area is 147 Å².